The fourth-order valence-electron chi connectivity index (χ4n) is 3.28. The van der Waals surface area contributed by atoms with Gasteiger partial charge in [-0.3, -0.25) is 4.79 Å². The van der Waals surface area contributed by atoms with E-state index < -0.39 is 0 Å². The highest BCUT2D eigenvalue weighted by molar-refractivity contribution is 6.04. The lowest BCUT2D eigenvalue weighted by atomic mass is 9.96. The van der Waals surface area contributed by atoms with Crippen LogP contribution in [0.2, 0.25) is 0 Å². The molecule has 0 atom stereocenters. The number of rotatable bonds is 5. The van der Waals surface area contributed by atoms with Crippen molar-refractivity contribution in [2.75, 3.05) is 17.7 Å². The molecule has 0 bridgehead atoms. The van der Waals surface area contributed by atoms with Crippen LogP contribution in [0.25, 0.3) is 21.9 Å². The molecule has 0 saturated heterocycles. The summed E-state index contributed by atoms with van der Waals surface area (Å²) >= 11 is 0. The minimum Gasteiger partial charge on any atom is -0.373 e. The Morgan fingerprint density at radius 2 is 1.92 bits per heavy atom. The van der Waals surface area contributed by atoms with Crippen LogP contribution in [0.1, 0.15) is 25.3 Å². The lowest BCUT2D eigenvalue weighted by molar-refractivity contribution is -0.117. The molecular formula is C21H22N4O. The predicted molar refractivity (Wildman–Crippen MR) is 105 cm³/mol. The predicted octanol–water partition coefficient (Wildman–Crippen LogP) is 4.25. The fourth-order valence-corrected chi connectivity index (χ4v) is 3.28. The second kappa shape index (κ2) is 6.75. The Kier molecular flexibility index (Phi) is 4.29. The van der Waals surface area contributed by atoms with Gasteiger partial charge in [0.15, 0.2) is 0 Å². The van der Waals surface area contributed by atoms with Gasteiger partial charge in [0.2, 0.25) is 5.91 Å². The molecule has 2 N–H and O–H groups in total. The molecule has 2 aromatic heterocycles. The Hall–Kier alpha value is -2.95. The quantitative estimate of drug-likeness (QED) is 0.725. The van der Waals surface area contributed by atoms with Crippen LogP contribution >= 0.6 is 0 Å². The van der Waals surface area contributed by atoms with Crippen LogP contribution in [0.3, 0.4) is 0 Å². The summed E-state index contributed by atoms with van der Waals surface area (Å²) in [5.41, 5.74) is 3.50. The van der Waals surface area contributed by atoms with Crippen LogP contribution in [0.4, 0.5) is 11.6 Å². The summed E-state index contributed by atoms with van der Waals surface area (Å²) in [6.45, 7) is 2.15. The maximum atomic E-state index is 12.1. The van der Waals surface area contributed by atoms with E-state index in [0.29, 0.717) is 5.82 Å². The summed E-state index contributed by atoms with van der Waals surface area (Å²) in [6, 6.07) is 10.3. The minimum atomic E-state index is 0.0651. The number of fused-ring (bicyclic) bond motifs is 1. The number of hydrogen-bond acceptors (Lipinski definition) is 4. The first kappa shape index (κ1) is 16.5. The van der Waals surface area contributed by atoms with E-state index in [1.807, 2.05) is 25.4 Å². The highest BCUT2D eigenvalue weighted by Crippen LogP contribution is 2.35. The molecule has 0 radical (unpaired) electrons. The zero-order chi connectivity index (χ0) is 18.1. The van der Waals surface area contributed by atoms with Crippen LogP contribution in [0.5, 0.6) is 0 Å². The molecule has 26 heavy (non-hydrogen) atoms. The van der Waals surface area contributed by atoms with Crippen LogP contribution in [-0.2, 0) is 11.2 Å². The number of benzene rings is 1. The Labute approximate surface area is 152 Å². The summed E-state index contributed by atoms with van der Waals surface area (Å²) < 4.78 is 0. The lowest BCUT2D eigenvalue weighted by Gasteiger charge is -2.14. The Bertz CT molecular complexity index is 979. The normalized spacial score (nSPS) is 13.6. The molecule has 132 valence electrons. The molecule has 1 amide bonds. The fraction of sp³-hybridized carbons (Fsp3) is 0.286. The number of amides is 1. The number of aryl methyl sites for hydroxylation is 1. The van der Waals surface area contributed by atoms with E-state index >= 15 is 0 Å². The number of carbonyl (C=O) groups excluding carboxylic acids is 1. The van der Waals surface area contributed by atoms with Gasteiger partial charge in [-0.05, 0) is 41.8 Å². The third-order valence-electron chi connectivity index (χ3n) is 4.90. The number of nitrogens with zero attached hydrogens (tertiary/aromatic N) is 2. The van der Waals surface area contributed by atoms with Gasteiger partial charge in [0.05, 0.1) is 0 Å². The molecule has 1 saturated carbocycles. The van der Waals surface area contributed by atoms with Crippen LogP contribution < -0.4 is 10.6 Å². The van der Waals surface area contributed by atoms with Gasteiger partial charge < -0.3 is 10.6 Å². The molecule has 1 aromatic carbocycles. The van der Waals surface area contributed by atoms with Crippen molar-refractivity contribution >= 4 is 28.3 Å². The van der Waals surface area contributed by atoms with E-state index in [2.05, 4.69) is 45.7 Å². The molecule has 4 rings (SSSR count). The van der Waals surface area contributed by atoms with Gasteiger partial charge in [0.25, 0.3) is 0 Å². The zero-order valence-electron chi connectivity index (χ0n) is 15.0. The molecule has 0 unspecified atom stereocenters. The SMILES string of the molecule is CCc1ccccc1-c1cnc(NC)c2cnc(NC(=O)C3CC3)cc12. The number of nitrogens with one attached hydrogen (secondary N) is 2. The van der Waals surface area contributed by atoms with Gasteiger partial charge >= 0.3 is 0 Å². The van der Waals surface area contributed by atoms with Crippen molar-refractivity contribution in [2.24, 2.45) is 5.92 Å². The Balaban J connectivity index is 1.87. The van der Waals surface area contributed by atoms with E-state index in [0.717, 1.165) is 41.4 Å². The smallest absolute Gasteiger partial charge is 0.228 e. The highest BCUT2D eigenvalue weighted by atomic mass is 16.2. The second-order valence-corrected chi connectivity index (χ2v) is 6.66. The van der Waals surface area contributed by atoms with Crippen molar-refractivity contribution in [3.8, 4) is 11.1 Å². The maximum absolute atomic E-state index is 12.1. The topological polar surface area (TPSA) is 66.9 Å². The van der Waals surface area contributed by atoms with E-state index in [1.165, 1.54) is 11.1 Å². The number of carbonyl (C=O) groups is 1. The zero-order valence-corrected chi connectivity index (χ0v) is 15.0. The average Bonchev–Trinajstić information content (AvgIpc) is 3.52. The molecule has 1 aliphatic rings. The maximum Gasteiger partial charge on any atom is 0.228 e. The van der Waals surface area contributed by atoms with Crippen LogP contribution in [-0.4, -0.2) is 22.9 Å². The first-order chi connectivity index (χ1) is 12.7. The Morgan fingerprint density at radius 3 is 2.65 bits per heavy atom. The van der Waals surface area contributed by atoms with Crippen molar-refractivity contribution in [3.05, 3.63) is 48.3 Å². The van der Waals surface area contributed by atoms with E-state index in [9.17, 15) is 4.79 Å². The molecule has 1 fully saturated rings. The monoisotopic (exact) mass is 346 g/mol. The Morgan fingerprint density at radius 1 is 1.12 bits per heavy atom. The largest absolute Gasteiger partial charge is 0.373 e. The second-order valence-electron chi connectivity index (χ2n) is 6.66. The van der Waals surface area contributed by atoms with Crippen molar-refractivity contribution in [1.29, 1.82) is 0 Å². The summed E-state index contributed by atoms with van der Waals surface area (Å²) in [4.78, 5) is 21.1. The first-order valence-corrected chi connectivity index (χ1v) is 9.07. The molecule has 0 spiro atoms. The van der Waals surface area contributed by atoms with Gasteiger partial charge in [-0.25, -0.2) is 9.97 Å². The molecule has 1 aliphatic carbocycles. The van der Waals surface area contributed by atoms with Gasteiger partial charge in [-0.2, -0.15) is 0 Å². The summed E-state index contributed by atoms with van der Waals surface area (Å²) in [7, 11) is 1.85. The molecule has 2 heterocycles. The number of aromatic nitrogens is 2. The van der Waals surface area contributed by atoms with E-state index in [-0.39, 0.29) is 11.8 Å². The lowest BCUT2D eigenvalue weighted by Crippen LogP contribution is -2.14. The van der Waals surface area contributed by atoms with Gasteiger partial charge in [-0.15, -0.1) is 0 Å². The molecule has 5 nitrogen and oxygen atoms in total. The third kappa shape index (κ3) is 3.01. The average molecular weight is 346 g/mol. The number of pyridine rings is 2. The van der Waals surface area contributed by atoms with Crippen molar-refractivity contribution in [1.82, 2.24) is 9.97 Å². The molecular weight excluding hydrogens is 324 g/mol. The third-order valence-corrected chi connectivity index (χ3v) is 4.90. The summed E-state index contributed by atoms with van der Waals surface area (Å²) in [5, 5.41) is 8.06. The van der Waals surface area contributed by atoms with Gasteiger partial charge in [0, 0.05) is 36.3 Å². The van der Waals surface area contributed by atoms with Crippen molar-refractivity contribution in [3.63, 3.8) is 0 Å². The van der Waals surface area contributed by atoms with Crippen molar-refractivity contribution in [2.45, 2.75) is 26.2 Å². The minimum absolute atomic E-state index is 0.0651. The van der Waals surface area contributed by atoms with Crippen molar-refractivity contribution < 1.29 is 4.79 Å². The molecule has 0 aliphatic heterocycles. The van der Waals surface area contributed by atoms with Crippen LogP contribution in [0.15, 0.2) is 42.7 Å². The van der Waals surface area contributed by atoms with Gasteiger partial charge in [0.1, 0.15) is 11.6 Å². The molecule has 5 heteroatoms. The standard InChI is InChI=1S/C21H22N4O/c1-3-13-6-4-5-7-15(13)17-11-24-20(22-2)18-12-23-19(10-16(17)18)25-21(26)14-8-9-14/h4-7,10-12,14H,3,8-9H2,1-2H3,(H,22,24)(H,23,25,26). The number of hydrogen-bond donors (Lipinski definition) is 2. The highest BCUT2D eigenvalue weighted by Gasteiger charge is 2.29. The summed E-state index contributed by atoms with van der Waals surface area (Å²) in [6.07, 6.45) is 6.58. The number of anilines is 2. The summed E-state index contributed by atoms with van der Waals surface area (Å²) in [5.74, 6) is 1.59. The van der Waals surface area contributed by atoms with E-state index in [1.54, 1.807) is 6.20 Å². The molecule has 3 aromatic rings. The van der Waals surface area contributed by atoms with Crippen LogP contribution in [0, 0.1) is 5.92 Å². The first-order valence-electron chi connectivity index (χ1n) is 9.07. The van der Waals surface area contributed by atoms with E-state index in [4.69, 9.17) is 0 Å². The van der Waals surface area contributed by atoms with Gasteiger partial charge in [-0.1, -0.05) is 31.2 Å².